The predicted octanol–water partition coefficient (Wildman–Crippen LogP) is 2.71. The third-order valence-electron chi connectivity index (χ3n) is 4.91. The van der Waals surface area contributed by atoms with Crippen molar-refractivity contribution in [1.82, 2.24) is 9.13 Å². The molecule has 8 heteroatoms. The number of ether oxygens (including phenoxy) is 1. The van der Waals surface area contributed by atoms with E-state index in [-0.39, 0.29) is 29.0 Å². The molecule has 1 aliphatic heterocycles. The van der Waals surface area contributed by atoms with Crippen LogP contribution in [0.1, 0.15) is 25.0 Å². The van der Waals surface area contributed by atoms with Gasteiger partial charge in [0.2, 0.25) is 0 Å². The zero-order chi connectivity index (χ0) is 20.9. The third-order valence-corrected chi connectivity index (χ3v) is 5.20. The van der Waals surface area contributed by atoms with Crippen molar-refractivity contribution in [3.8, 4) is 5.75 Å². The van der Waals surface area contributed by atoms with Crippen molar-refractivity contribution in [2.45, 2.75) is 39.0 Å². The summed E-state index contributed by atoms with van der Waals surface area (Å²) in [7, 11) is 0. The molecule has 0 saturated carbocycles. The molecular weight excluding hydrogens is 399 g/mol. The average molecular weight is 419 g/mol. The lowest BCUT2D eigenvalue weighted by Gasteiger charge is -2.21. The lowest BCUT2D eigenvalue weighted by molar-refractivity contribution is 0.0610. The SMILES string of the molecule is CC(C)(O)Cn1c(=O)n(Cc2ccc3c(c2)CCO3)c(=O)c2cc(F)c(Cl)cc21. The molecule has 0 fully saturated rings. The molecule has 0 amide bonds. The molecule has 0 atom stereocenters. The van der Waals surface area contributed by atoms with Gasteiger partial charge in [0, 0.05) is 6.42 Å². The molecule has 0 bridgehead atoms. The smallest absolute Gasteiger partial charge is 0.331 e. The van der Waals surface area contributed by atoms with Gasteiger partial charge in [-0.2, -0.15) is 0 Å². The van der Waals surface area contributed by atoms with Crippen LogP contribution in [0.2, 0.25) is 5.02 Å². The van der Waals surface area contributed by atoms with Crippen LogP contribution in [0, 0.1) is 5.82 Å². The van der Waals surface area contributed by atoms with Crippen LogP contribution in [0.5, 0.6) is 5.75 Å². The molecule has 6 nitrogen and oxygen atoms in total. The van der Waals surface area contributed by atoms with Gasteiger partial charge in [0.25, 0.3) is 5.56 Å². The van der Waals surface area contributed by atoms with Gasteiger partial charge >= 0.3 is 5.69 Å². The number of aromatic nitrogens is 2. The zero-order valence-corrected chi connectivity index (χ0v) is 16.8. The number of hydrogen-bond acceptors (Lipinski definition) is 4. The van der Waals surface area contributed by atoms with Crippen LogP contribution < -0.4 is 16.0 Å². The number of benzene rings is 2. The fourth-order valence-corrected chi connectivity index (χ4v) is 3.77. The van der Waals surface area contributed by atoms with Gasteiger partial charge in [-0.05, 0) is 43.2 Å². The molecule has 1 aromatic heterocycles. The number of fused-ring (bicyclic) bond motifs is 2. The first-order valence-electron chi connectivity index (χ1n) is 9.23. The van der Waals surface area contributed by atoms with Crippen LogP contribution in [-0.2, 0) is 19.5 Å². The highest BCUT2D eigenvalue weighted by Crippen LogP contribution is 2.26. The molecule has 0 spiro atoms. The van der Waals surface area contributed by atoms with E-state index in [2.05, 4.69) is 0 Å². The minimum atomic E-state index is -1.23. The Hall–Kier alpha value is -2.64. The maximum absolute atomic E-state index is 14.1. The molecule has 0 unspecified atom stereocenters. The molecule has 29 heavy (non-hydrogen) atoms. The summed E-state index contributed by atoms with van der Waals surface area (Å²) >= 11 is 5.89. The summed E-state index contributed by atoms with van der Waals surface area (Å²) in [6.07, 6.45) is 0.766. The summed E-state index contributed by atoms with van der Waals surface area (Å²) in [5, 5.41) is 10.1. The normalized spacial score (nSPS) is 13.6. The van der Waals surface area contributed by atoms with Crippen molar-refractivity contribution in [3.63, 3.8) is 0 Å². The topological polar surface area (TPSA) is 73.5 Å². The van der Waals surface area contributed by atoms with Crippen LogP contribution in [0.4, 0.5) is 4.39 Å². The highest BCUT2D eigenvalue weighted by molar-refractivity contribution is 6.31. The lowest BCUT2D eigenvalue weighted by Crippen LogP contribution is -2.43. The van der Waals surface area contributed by atoms with E-state index in [4.69, 9.17) is 16.3 Å². The Kier molecular flexibility index (Phi) is 4.75. The molecule has 2 aromatic carbocycles. The van der Waals surface area contributed by atoms with E-state index in [1.165, 1.54) is 10.6 Å². The first-order chi connectivity index (χ1) is 13.6. The Morgan fingerprint density at radius 2 is 1.97 bits per heavy atom. The third kappa shape index (κ3) is 3.68. The molecule has 1 N–H and O–H groups in total. The first-order valence-corrected chi connectivity index (χ1v) is 9.61. The summed E-state index contributed by atoms with van der Waals surface area (Å²) in [5.74, 6) is 0.0571. The Morgan fingerprint density at radius 1 is 1.21 bits per heavy atom. The van der Waals surface area contributed by atoms with E-state index < -0.39 is 22.7 Å². The van der Waals surface area contributed by atoms with E-state index in [1.54, 1.807) is 19.9 Å². The summed E-state index contributed by atoms with van der Waals surface area (Å²) in [5.41, 5.74) is -0.464. The van der Waals surface area contributed by atoms with Crippen LogP contribution in [-0.4, -0.2) is 26.4 Å². The van der Waals surface area contributed by atoms with Crippen LogP contribution in [0.3, 0.4) is 0 Å². The van der Waals surface area contributed by atoms with Gasteiger partial charge in [0.05, 0.1) is 41.2 Å². The molecule has 1 aliphatic rings. The number of hydrogen-bond donors (Lipinski definition) is 1. The molecular formula is C21H20ClFN2O4. The van der Waals surface area contributed by atoms with E-state index in [0.717, 1.165) is 33.9 Å². The second-order valence-corrected chi connectivity index (χ2v) is 8.30. The monoisotopic (exact) mass is 418 g/mol. The van der Waals surface area contributed by atoms with Crippen LogP contribution in [0.25, 0.3) is 10.9 Å². The summed E-state index contributed by atoms with van der Waals surface area (Å²) in [4.78, 5) is 26.2. The number of nitrogens with zero attached hydrogens (tertiary/aromatic N) is 2. The van der Waals surface area contributed by atoms with E-state index in [1.807, 2.05) is 12.1 Å². The first kappa shape index (κ1) is 19.7. The van der Waals surface area contributed by atoms with Crippen LogP contribution in [0.15, 0.2) is 39.9 Å². The Morgan fingerprint density at radius 3 is 2.69 bits per heavy atom. The Balaban J connectivity index is 1.93. The van der Waals surface area contributed by atoms with Crippen molar-refractivity contribution in [2.75, 3.05) is 6.61 Å². The number of rotatable bonds is 4. The van der Waals surface area contributed by atoms with E-state index >= 15 is 0 Å². The maximum atomic E-state index is 14.1. The van der Waals surface area contributed by atoms with Gasteiger partial charge in [0.1, 0.15) is 11.6 Å². The second-order valence-electron chi connectivity index (χ2n) is 7.90. The Labute approximate surface area is 170 Å². The Bertz CT molecular complexity index is 1240. The summed E-state index contributed by atoms with van der Waals surface area (Å²) in [6, 6.07) is 7.80. The molecule has 152 valence electrons. The average Bonchev–Trinajstić information content (AvgIpc) is 3.11. The lowest BCUT2D eigenvalue weighted by atomic mass is 10.1. The second kappa shape index (κ2) is 7.00. The molecule has 0 saturated heterocycles. The van der Waals surface area contributed by atoms with Gasteiger partial charge in [0.15, 0.2) is 0 Å². The van der Waals surface area contributed by atoms with Gasteiger partial charge in [-0.15, -0.1) is 0 Å². The quantitative estimate of drug-likeness (QED) is 0.707. The van der Waals surface area contributed by atoms with Crippen molar-refractivity contribution >= 4 is 22.5 Å². The van der Waals surface area contributed by atoms with Gasteiger partial charge in [-0.25, -0.2) is 9.18 Å². The molecule has 0 radical (unpaired) electrons. The predicted molar refractivity (Wildman–Crippen MR) is 108 cm³/mol. The molecule has 4 rings (SSSR count). The molecule has 3 aromatic rings. The molecule has 0 aliphatic carbocycles. The maximum Gasteiger partial charge on any atom is 0.331 e. The van der Waals surface area contributed by atoms with Crippen molar-refractivity contribution < 1.29 is 14.2 Å². The summed E-state index contributed by atoms with van der Waals surface area (Å²) < 4.78 is 21.9. The fourth-order valence-electron chi connectivity index (χ4n) is 3.61. The van der Waals surface area contributed by atoms with E-state index in [0.29, 0.717) is 6.61 Å². The minimum absolute atomic E-state index is 0.0248. The number of halogens is 2. The highest BCUT2D eigenvalue weighted by atomic mass is 35.5. The largest absolute Gasteiger partial charge is 0.493 e. The molecule has 2 heterocycles. The highest BCUT2D eigenvalue weighted by Gasteiger charge is 2.21. The van der Waals surface area contributed by atoms with Gasteiger partial charge in [-0.3, -0.25) is 13.9 Å². The van der Waals surface area contributed by atoms with Crippen molar-refractivity contribution in [3.05, 3.63) is 73.1 Å². The fraction of sp³-hybridized carbons (Fsp3) is 0.333. The van der Waals surface area contributed by atoms with Gasteiger partial charge < -0.3 is 9.84 Å². The standard InChI is InChI=1S/C21H20ClFN2O4/c1-21(2,28)11-25-17-9-15(22)16(23)8-14(17)19(26)24(20(25)27)10-12-3-4-18-13(7-12)5-6-29-18/h3-4,7-9,28H,5-6,10-11H2,1-2H3. The number of aliphatic hydroxyl groups is 1. The van der Waals surface area contributed by atoms with Crippen molar-refractivity contribution in [2.24, 2.45) is 0 Å². The van der Waals surface area contributed by atoms with Gasteiger partial charge in [-0.1, -0.05) is 23.7 Å². The minimum Gasteiger partial charge on any atom is -0.493 e. The summed E-state index contributed by atoms with van der Waals surface area (Å²) in [6.45, 7) is 3.64. The van der Waals surface area contributed by atoms with E-state index in [9.17, 15) is 19.1 Å². The zero-order valence-electron chi connectivity index (χ0n) is 16.0. The van der Waals surface area contributed by atoms with Crippen LogP contribution >= 0.6 is 11.6 Å². The van der Waals surface area contributed by atoms with Crippen molar-refractivity contribution in [1.29, 1.82) is 0 Å².